The number of fused-ring (bicyclic) bond motifs is 1. The first-order valence-electron chi connectivity index (χ1n) is 6.89. The number of rotatable bonds is 5. The lowest BCUT2D eigenvalue weighted by Crippen LogP contribution is -2.28. The van der Waals surface area contributed by atoms with Gasteiger partial charge in [-0.2, -0.15) is 11.3 Å². The molecular weight excluding hydrogens is 266 g/mol. The third-order valence-corrected chi connectivity index (χ3v) is 4.34. The first kappa shape index (κ1) is 13.3. The molecule has 0 bridgehead atoms. The maximum atomic E-state index is 4.68. The van der Waals surface area contributed by atoms with Crippen LogP contribution in [0, 0.1) is 0 Å². The second-order valence-corrected chi connectivity index (χ2v) is 5.97. The molecule has 0 saturated carbocycles. The second kappa shape index (κ2) is 5.77. The fourth-order valence-corrected chi connectivity index (χ4v) is 3.14. The predicted octanol–water partition coefficient (Wildman–Crippen LogP) is 3.36. The van der Waals surface area contributed by atoms with Crippen LogP contribution in [0.5, 0.6) is 0 Å². The first-order chi connectivity index (χ1) is 9.74. The Morgan fingerprint density at radius 3 is 2.90 bits per heavy atom. The van der Waals surface area contributed by atoms with Gasteiger partial charge in [-0.1, -0.05) is 12.1 Å². The van der Waals surface area contributed by atoms with Crippen LogP contribution in [0.25, 0.3) is 11.0 Å². The molecule has 0 aliphatic rings. The number of aromatic nitrogens is 2. The minimum absolute atomic E-state index is 0.449. The van der Waals surface area contributed by atoms with Gasteiger partial charge in [0.05, 0.1) is 17.6 Å². The van der Waals surface area contributed by atoms with E-state index >= 15 is 0 Å². The summed E-state index contributed by atoms with van der Waals surface area (Å²) in [5.41, 5.74) is 3.66. The molecule has 1 aromatic carbocycles. The van der Waals surface area contributed by atoms with E-state index in [0.717, 1.165) is 24.3 Å². The summed E-state index contributed by atoms with van der Waals surface area (Å²) >= 11 is 1.76. The summed E-state index contributed by atoms with van der Waals surface area (Å²) < 4.78 is 2.17. The maximum Gasteiger partial charge on any atom is 0.123 e. The fourth-order valence-electron chi connectivity index (χ4n) is 2.45. The average molecular weight is 285 g/mol. The van der Waals surface area contributed by atoms with Gasteiger partial charge in [0.15, 0.2) is 0 Å². The molecule has 20 heavy (non-hydrogen) atoms. The molecule has 0 fully saturated rings. The van der Waals surface area contributed by atoms with Gasteiger partial charge < -0.3 is 9.88 Å². The summed E-state index contributed by atoms with van der Waals surface area (Å²) in [4.78, 5) is 4.68. The lowest BCUT2D eigenvalue weighted by molar-refractivity contribution is 0.527. The maximum absolute atomic E-state index is 4.68. The minimum Gasteiger partial charge on any atom is -0.330 e. The van der Waals surface area contributed by atoms with Crippen LogP contribution in [0.4, 0.5) is 0 Å². The van der Waals surface area contributed by atoms with Gasteiger partial charge in [0.25, 0.3) is 0 Å². The van der Waals surface area contributed by atoms with Crippen molar-refractivity contribution in [1.29, 1.82) is 0 Å². The zero-order chi connectivity index (χ0) is 13.9. The summed E-state index contributed by atoms with van der Waals surface area (Å²) in [6, 6.07) is 10.9. The van der Waals surface area contributed by atoms with Crippen LogP contribution in [0.3, 0.4) is 0 Å². The van der Waals surface area contributed by atoms with Gasteiger partial charge in [0, 0.05) is 13.1 Å². The number of nitrogens with one attached hydrogen (secondary N) is 1. The lowest BCUT2D eigenvalue weighted by atomic mass is 10.1. The van der Waals surface area contributed by atoms with E-state index in [2.05, 4.69) is 63.9 Å². The number of benzene rings is 1. The molecule has 1 unspecified atom stereocenters. The summed E-state index contributed by atoms with van der Waals surface area (Å²) in [6.45, 7) is 3.02. The van der Waals surface area contributed by atoms with Crippen LogP contribution in [0.2, 0.25) is 0 Å². The summed E-state index contributed by atoms with van der Waals surface area (Å²) in [7, 11) is 2.08. The van der Waals surface area contributed by atoms with Gasteiger partial charge in [-0.25, -0.2) is 4.98 Å². The van der Waals surface area contributed by atoms with Crippen molar-refractivity contribution in [3.8, 4) is 0 Å². The van der Waals surface area contributed by atoms with Crippen molar-refractivity contribution in [2.75, 3.05) is 0 Å². The van der Waals surface area contributed by atoms with Crippen molar-refractivity contribution in [3.05, 3.63) is 52.5 Å². The zero-order valence-electron chi connectivity index (χ0n) is 11.8. The molecule has 3 aromatic rings. The Morgan fingerprint density at radius 1 is 1.30 bits per heavy atom. The summed E-state index contributed by atoms with van der Waals surface area (Å²) in [5.74, 6) is 1.09. The Morgan fingerprint density at radius 2 is 2.15 bits per heavy atom. The number of hydrogen-bond donors (Lipinski definition) is 1. The molecule has 1 N–H and O–H groups in total. The van der Waals surface area contributed by atoms with Crippen molar-refractivity contribution in [2.45, 2.75) is 25.9 Å². The molecule has 0 amide bonds. The zero-order valence-corrected chi connectivity index (χ0v) is 12.7. The predicted molar refractivity (Wildman–Crippen MR) is 85.0 cm³/mol. The Kier molecular flexibility index (Phi) is 3.85. The number of hydrogen-bond acceptors (Lipinski definition) is 3. The lowest BCUT2D eigenvalue weighted by Gasteiger charge is -2.12. The van der Waals surface area contributed by atoms with Gasteiger partial charge in [-0.3, -0.25) is 0 Å². The van der Waals surface area contributed by atoms with Crippen LogP contribution < -0.4 is 5.32 Å². The largest absolute Gasteiger partial charge is 0.330 e. The standard InChI is InChI=1S/C16H19N3S/c1-12(9-13-7-8-20-11-13)17-10-16-18-14-5-3-4-6-15(14)19(16)2/h3-8,11-12,17H,9-10H2,1-2H3. The fraction of sp³-hybridized carbons (Fsp3) is 0.312. The number of nitrogens with zero attached hydrogens (tertiary/aromatic N) is 2. The number of thiophene rings is 1. The third kappa shape index (κ3) is 2.76. The minimum atomic E-state index is 0.449. The van der Waals surface area contributed by atoms with Gasteiger partial charge in [0.2, 0.25) is 0 Å². The van der Waals surface area contributed by atoms with Crippen molar-refractivity contribution in [1.82, 2.24) is 14.9 Å². The van der Waals surface area contributed by atoms with Crippen molar-refractivity contribution >= 4 is 22.4 Å². The van der Waals surface area contributed by atoms with E-state index in [1.807, 2.05) is 6.07 Å². The normalized spacial score (nSPS) is 12.9. The Hall–Kier alpha value is -1.65. The first-order valence-corrected chi connectivity index (χ1v) is 7.83. The van der Waals surface area contributed by atoms with Crippen molar-refractivity contribution in [3.63, 3.8) is 0 Å². The highest BCUT2D eigenvalue weighted by Crippen LogP contribution is 2.14. The third-order valence-electron chi connectivity index (χ3n) is 3.61. The topological polar surface area (TPSA) is 29.9 Å². The highest BCUT2D eigenvalue weighted by atomic mass is 32.1. The number of para-hydroxylation sites is 2. The molecule has 0 saturated heterocycles. The molecular formula is C16H19N3S. The van der Waals surface area contributed by atoms with E-state index in [9.17, 15) is 0 Å². The molecule has 2 aromatic heterocycles. The van der Waals surface area contributed by atoms with E-state index in [0.29, 0.717) is 6.04 Å². The molecule has 0 radical (unpaired) electrons. The number of imidazole rings is 1. The smallest absolute Gasteiger partial charge is 0.123 e. The second-order valence-electron chi connectivity index (χ2n) is 5.19. The number of aryl methyl sites for hydroxylation is 1. The van der Waals surface area contributed by atoms with Crippen molar-refractivity contribution < 1.29 is 0 Å². The highest BCUT2D eigenvalue weighted by Gasteiger charge is 2.09. The van der Waals surface area contributed by atoms with E-state index < -0.39 is 0 Å². The van der Waals surface area contributed by atoms with Crippen LogP contribution in [0.1, 0.15) is 18.3 Å². The van der Waals surface area contributed by atoms with Crippen LogP contribution in [0.15, 0.2) is 41.1 Å². The van der Waals surface area contributed by atoms with Gasteiger partial charge in [0.1, 0.15) is 5.82 Å². The summed E-state index contributed by atoms with van der Waals surface area (Å²) in [5, 5.41) is 7.91. The van der Waals surface area contributed by atoms with Gasteiger partial charge in [-0.05, 0) is 47.9 Å². The molecule has 4 heteroatoms. The molecule has 3 nitrogen and oxygen atoms in total. The Labute approximate surface area is 123 Å². The van der Waals surface area contributed by atoms with Gasteiger partial charge in [-0.15, -0.1) is 0 Å². The van der Waals surface area contributed by atoms with Crippen LogP contribution in [-0.2, 0) is 20.0 Å². The van der Waals surface area contributed by atoms with Crippen LogP contribution in [-0.4, -0.2) is 15.6 Å². The van der Waals surface area contributed by atoms with Gasteiger partial charge >= 0.3 is 0 Å². The molecule has 3 rings (SSSR count). The van der Waals surface area contributed by atoms with E-state index in [4.69, 9.17) is 0 Å². The molecule has 0 spiro atoms. The van der Waals surface area contributed by atoms with E-state index in [1.54, 1.807) is 11.3 Å². The molecule has 0 aliphatic heterocycles. The Bertz CT molecular complexity index is 685. The molecule has 104 valence electrons. The SMILES string of the molecule is CC(Cc1ccsc1)NCc1nc2ccccc2n1C. The molecule has 1 atom stereocenters. The summed E-state index contributed by atoms with van der Waals surface area (Å²) in [6.07, 6.45) is 1.06. The molecule has 0 aliphatic carbocycles. The van der Waals surface area contributed by atoms with Crippen molar-refractivity contribution in [2.24, 2.45) is 7.05 Å². The Balaban J connectivity index is 1.66. The van der Waals surface area contributed by atoms with Crippen LogP contribution >= 0.6 is 11.3 Å². The molecule has 2 heterocycles. The highest BCUT2D eigenvalue weighted by molar-refractivity contribution is 7.07. The monoisotopic (exact) mass is 285 g/mol. The average Bonchev–Trinajstić information content (AvgIpc) is 3.06. The van der Waals surface area contributed by atoms with E-state index in [1.165, 1.54) is 11.1 Å². The van der Waals surface area contributed by atoms with E-state index in [-0.39, 0.29) is 0 Å². The quantitative estimate of drug-likeness (QED) is 0.779.